The Morgan fingerprint density at radius 2 is 2.39 bits per heavy atom. The molecule has 0 aliphatic rings. The molecule has 2 aromatic rings. The van der Waals surface area contributed by atoms with Crippen LogP contribution in [0.3, 0.4) is 0 Å². The molecule has 0 spiro atoms. The molecular formula is C11H11FN4OS. The van der Waals surface area contributed by atoms with Crippen molar-refractivity contribution in [2.24, 2.45) is 12.1 Å². The molecule has 0 atom stereocenters. The fourth-order valence-corrected chi connectivity index (χ4v) is 2.04. The second-order valence-electron chi connectivity index (χ2n) is 3.64. The Bertz CT molecular complexity index is 602. The lowest BCUT2D eigenvalue weighted by Crippen LogP contribution is -2.20. The highest BCUT2D eigenvalue weighted by Crippen LogP contribution is 2.11. The first kappa shape index (κ1) is 12.4. The van der Waals surface area contributed by atoms with Crippen LogP contribution in [-0.4, -0.2) is 21.9 Å². The van der Waals surface area contributed by atoms with Crippen molar-refractivity contribution >= 4 is 23.5 Å². The number of aromatic nitrogens is 2. The van der Waals surface area contributed by atoms with Gasteiger partial charge in [0.05, 0.1) is 16.8 Å². The van der Waals surface area contributed by atoms with Crippen molar-refractivity contribution in [3.8, 4) is 0 Å². The van der Waals surface area contributed by atoms with Gasteiger partial charge < -0.3 is 0 Å². The predicted octanol–water partition coefficient (Wildman–Crippen LogP) is 1.69. The summed E-state index contributed by atoms with van der Waals surface area (Å²) in [7, 11) is 1.68. The minimum Gasteiger partial charge on any atom is -0.266 e. The van der Waals surface area contributed by atoms with Gasteiger partial charge >= 0.3 is 0 Å². The molecule has 94 valence electrons. The number of nitrogens with zero attached hydrogens (tertiary/aromatic N) is 3. The third kappa shape index (κ3) is 2.80. The molecule has 0 bridgehead atoms. The molecule has 18 heavy (non-hydrogen) atoms. The average molecular weight is 266 g/mol. The van der Waals surface area contributed by atoms with Gasteiger partial charge in [-0.1, -0.05) is 0 Å². The third-order valence-electron chi connectivity index (χ3n) is 2.19. The fourth-order valence-electron chi connectivity index (χ4n) is 1.43. The second kappa shape index (κ2) is 5.09. The normalized spacial score (nSPS) is 11.1. The molecule has 0 saturated carbocycles. The van der Waals surface area contributed by atoms with Crippen LogP contribution in [-0.2, 0) is 7.05 Å². The van der Waals surface area contributed by atoms with Crippen LogP contribution in [0.4, 0.5) is 4.39 Å². The monoisotopic (exact) mass is 266 g/mol. The number of rotatable bonds is 3. The Kier molecular flexibility index (Phi) is 3.52. The molecule has 2 heterocycles. The van der Waals surface area contributed by atoms with Gasteiger partial charge in [0.2, 0.25) is 0 Å². The maximum Gasteiger partial charge on any atom is 0.289 e. The van der Waals surface area contributed by atoms with E-state index in [0.29, 0.717) is 10.6 Å². The minimum atomic E-state index is -0.355. The zero-order valence-electron chi connectivity index (χ0n) is 9.85. The van der Waals surface area contributed by atoms with Crippen LogP contribution in [0.25, 0.3) is 0 Å². The molecule has 1 amide bonds. The number of nitrogens with one attached hydrogen (secondary N) is 1. The molecule has 0 aliphatic heterocycles. The lowest BCUT2D eigenvalue weighted by Gasteiger charge is -1.98. The molecule has 0 radical (unpaired) electrons. The lowest BCUT2D eigenvalue weighted by atomic mass is 10.3. The van der Waals surface area contributed by atoms with E-state index in [1.165, 1.54) is 17.0 Å². The summed E-state index contributed by atoms with van der Waals surface area (Å²) in [6.45, 7) is 1.80. The van der Waals surface area contributed by atoms with Gasteiger partial charge in [-0.15, -0.1) is 11.3 Å². The molecule has 2 aromatic heterocycles. The van der Waals surface area contributed by atoms with Gasteiger partial charge in [0.15, 0.2) is 5.13 Å². The Balaban J connectivity index is 2.00. The molecule has 0 fully saturated rings. The highest BCUT2D eigenvalue weighted by Gasteiger charge is 2.10. The van der Waals surface area contributed by atoms with Crippen LogP contribution in [0.1, 0.15) is 21.1 Å². The Hall–Kier alpha value is -2.02. The van der Waals surface area contributed by atoms with Gasteiger partial charge in [-0.05, 0) is 25.1 Å². The van der Waals surface area contributed by atoms with Crippen LogP contribution in [0.2, 0.25) is 0 Å². The quantitative estimate of drug-likeness (QED) is 0.679. The molecular weight excluding hydrogens is 255 g/mol. The standard InChI is InChI=1S/C11H11FN4OS/c1-7-5-9(16(2)15-7)11(17)14-13-6-8-3-4-10(12)18-8/h3-6H,1-2H3,(H,14,17)/b13-6-. The summed E-state index contributed by atoms with van der Waals surface area (Å²) in [5, 5.41) is 7.53. The van der Waals surface area contributed by atoms with E-state index in [1.807, 2.05) is 0 Å². The van der Waals surface area contributed by atoms with Crippen molar-refractivity contribution < 1.29 is 9.18 Å². The van der Waals surface area contributed by atoms with E-state index in [1.54, 1.807) is 26.1 Å². The lowest BCUT2D eigenvalue weighted by molar-refractivity contribution is 0.0945. The van der Waals surface area contributed by atoms with Gasteiger partial charge in [0, 0.05) is 7.05 Å². The summed E-state index contributed by atoms with van der Waals surface area (Å²) in [5.74, 6) is -0.355. The number of hydrazone groups is 1. The smallest absolute Gasteiger partial charge is 0.266 e. The summed E-state index contributed by atoms with van der Waals surface area (Å²) >= 11 is 0.958. The summed E-state index contributed by atoms with van der Waals surface area (Å²) in [6.07, 6.45) is 1.40. The molecule has 0 unspecified atom stereocenters. The first-order valence-corrected chi connectivity index (χ1v) is 5.97. The fraction of sp³-hybridized carbons (Fsp3) is 0.182. The van der Waals surface area contributed by atoms with E-state index in [9.17, 15) is 9.18 Å². The zero-order valence-corrected chi connectivity index (χ0v) is 10.7. The minimum absolute atomic E-state index is 0.287. The zero-order chi connectivity index (χ0) is 13.1. The topological polar surface area (TPSA) is 59.3 Å². The van der Waals surface area contributed by atoms with Crippen molar-refractivity contribution in [1.82, 2.24) is 15.2 Å². The molecule has 2 rings (SSSR count). The van der Waals surface area contributed by atoms with Gasteiger partial charge in [0.1, 0.15) is 5.69 Å². The van der Waals surface area contributed by atoms with E-state index in [-0.39, 0.29) is 11.0 Å². The maximum atomic E-state index is 12.7. The number of amides is 1. The first-order chi connectivity index (χ1) is 8.56. The number of aryl methyl sites for hydroxylation is 2. The van der Waals surface area contributed by atoms with E-state index < -0.39 is 0 Å². The van der Waals surface area contributed by atoms with Gasteiger partial charge in [0.25, 0.3) is 5.91 Å². The highest BCUT2D eigenvalue weighted by molar-refractivity contribution is 7.12. The third-order valence-corrected chi connectivity index (χ3v) is 2.99. The SMILES string of the molecule is Cc1cc(C(=O)N/N=C\c2ccc(F)s2)n(C)n1. The Labute approximate surface area is 107 Å². The maximum absolute atomic E-state index is 12.7. The van der Waals surface area contributed by atoms with Crippen molar-refractivity contribution in [3.63, 3.8) is 0 Å². The van der Waals surface area contributed by atoms with Crippen LogP contribution < -0.4 is 5.43 Å². The van der Waals surface area contributed by atoms with Crippen molar-refractivity contribution in [2.75, 3.05) is 0 Å². The number of carbonyl (C=O) groups is 1. The van der Waals surface area contributed by atoms with Gasteiger partial charge in [-0.3, -0.25) is 9.48 Å². The average Bonchev–Trinajstić information content (AvgIpc) is 2.85. The first-order valence-electron chi connectivity index (χ1n) is 5.15. The summed E-state index contributed by atoms with van der Waals surface area (Å²) < 4.78 is 14.2. The summed E-state index contributed by atoms with van der Waals surface area (Å²) in [5.41, 5.74) is 3.54. The predicted molar refractivity (Wildman–Crippen MR) is 67.3 cm³/mol. The van der Waals surface area contributed by atoms with E-state index in [2.05, 4.69) is 15.6 Å². The number of thiophene rings is 1. The van der Waals surface area contributed by atoms with Crippen molar-refractivity contribution in [3.05, 3.63) is 39.6 Å². The highest BCUT2D eigenvalue weighted by atomic mass is 32.1. The molecule has 0 saturated heterocycles. The molecule has 5 nitrogen and oxygen atoms in total. The second-order valence-corrected chi connectivity index (χ2v) is 4.70. The number of carbonyl (C=O) groups excluding carboxylic acids is 1. The van der Waals surface area contributed by atoms with Crippen LogP contribution in [0.5, 0.6) is 0 Å². The largest absolute Gasteiger partial charge is 0.289 e. The van der Waals surface area contributed by atoms with Crippen LogP contribution in [0, 0.1) is 12.1 Å². The molecule has 7 heteroatoms. The molecule has 1 N–H and O–H groups in total. The van der Waals surface area contributed by atoms with Crippen molar-refractivity contribution in [1.29, 1.82) is 0 Å². The number of hydrogen-bond acceptors (Lipinski definition) is 4. The van der Waals surface area contributed by atoms with E-state index in [4.69, 9.17) is 0 Å². The number of halogens is 1. The molecule has 0 aliphatic carbocycles. The van der Waals surface area contributed by atoms with Gasteiger partial charge in [-0.25, -0.2) is 5.43 Å². The van der Waals surface area contributed by atoms with Gasteiger partial charge in [-0.2, -0.15) is 14.6 Å². The summed E-state index contributed by atoms with van der Waals surface area (Å²) in [4.78, 5) is 12.4. The van der Waals surface area contributed by atoms with Crippen LogP contribution >= 0.6 is 11.3 Å². The van der Waals surface area contributed by atoms with Crippen LogP contribution in [0.15, 0.2) is 23.3 Å². The Morgan fingerprint density at radius 3 is 2.94 bits per heavy atom. The van der Waals surface area contributed by atoms with Crippen molar-refractivity contribution in [2.45, 2.75) is 6.92 Å². The van der Waals surface area contributed by atoms with E-state index >= 15 is 0 Å². The number of hydrogen-bond donors (Lipinski definition) is 1. The van der Waals surface area contributed by atoms with E-state index in [0.717, 1.165) is 17.0 Å². The molecule has 0 aromatic carbocycles. The Morgan fingerprint density at radius 1 is 1.61 bits per heavy atom. The summed E-state index contributed by atoms with van der Waals surface area (Å²) in [6, 6.07) is 4.60.